The van der Waals surface area contributed by atoms with Crippen LogP contribution in [0, 0.1) is 0 Å². The third kappa shape index (κ3) is 20.9. The maximum absolute atomic E-state index is 13.0. The van der Waals surface area contributed by atoms with Crippen molar-refractivity contribution in [2.24, 2.45) is 9.98 Å². The maximum Gasteiger partial charge on any atom is 0.343 e. The van der Waals surface area contributed by atoms with E-state index < -0.39 is 11.9 Å². The minimum Gasteiger partial charge on any atom is -0.462 e. The van der Waals surface area contributed by atoms with Crippen LogP contribution in [0.1, 0.15) is 195 Å². The van der Waals surface area contributed by atoms with Crippen LogP contribution in [0.4, 0.5) is 11.4 Å². The van der Waals surface area contributed by atoms with Gasteiger partial charge in [-0.05, 0) is 109 Å². The monoisotopic (exact) mass is 949 g/mol. The summed E-state index contributed by atoms with van der Waals surface area (Å²) in [5, 5.41) is 0. The van der Waals surface area contributed by atoms with Crippen molar-refractivity contribution in [3.8, 4) is 11.5 Å². The molecule has 0 spiro atoms. The van der Waals surface area contributed by atoms with Gasteiger partial charge in [0.15, 0.2) is 0 Å². The van der Waals surface area contributed by atoms with Crippen LogP contribution in [0.5, 0.6) is 11.5 Å². The minimum absolute atomic E-state index is 0.211. The highest BCUT2D eigenvalue weighted by atomic mass is 16.5. The van der Waals surface area contributed by atoms with Gasteiger partial charge in [-0.25, -0.2) is 19.2 Å². The van der Waals surface area contributed by atoms with E-state index >= 15 is 0 Å². The number of nitrogens with zero attached hydrogens (tertiary/aromatic N) is 2. The van der Waals surface area contributed by atoms with Gasteiger partial charge in [-0.1, -0.05) is 160 Å². The molecule has 0 aliphatic heterocycles. The molecule has 5 aromatic rings. The number of hydrogen-bond acceptors (Lipinski definition) is 10. The lowest BCUT2D eigenvalue weighted by atomic mass is 10.1. The van der Waals surface area contributed by atoms with Crippen LogP contribution in [0.25, 0.3) is 0 Å². The summed E-state index contributed by atoms with van der Waals surface area (Å²) in [6.07, 6.45) is 27.9. The molecule has 0 aromatic heterocycles. The van der Waals surface area contributed by atoms with Crippen molar-refractivity contribution >= 4 is 47.7 Å². The van der Waals surface area contributed by atoms with Gasteiger partial charge in [-0.3, -0.25) is 9.98 Å². The van der Waals surface area contributed by atoms with Crippen LogP contribution in [-0.4, -0.2) is 49.5 Å². The predicted octanol–water partition coefficient (Wildman–Crippen LogP) is 15.8. The first-order valence-corrected chi connectivity index (χ1v) is 25.7. The summed E-state index contributed by atoms with van der Waals surface area (Å²) in [4.78, 5) is 60.0. The van der Waals surface area contributed by atoms with Crippen molar-refractivity contribution in [2.45, 2.75) is 142 Å². The van der Waals surface area contributed by atoms with Crippen LogP contribution < -0.4 is 9.47 Å². The van der Waals surface area contributed by atoms with Crippen molar-refractivity contribution in [1.29, 1.82) is 0 Å². The van der Waals surface area contributed by atoms with Gasteiger partial charge >= 0.3 is 23.9 Å². The zero-order valence-corrected chi connectivity index (χ0v) is 41.4. The fraction of sp³-hybridized carbons (Fsp3) is 0.400. The van der Waals surface area contributed by atoms with E-state index in [1.54, 1.807) is 103 Å². The molecule has 10 nitrogen and oxygen atoms in total. The number of rotatable bonds is 32. The van der Waals surface area contributed by atoms with Gasteiger partial charge in [-0.15, -0.1) is 0 Å². The highest BCUT2D eigenvalue weighted by Gasteiger charge is 2.13. The lowest BCUT2D eigenvalue weighted by Crippen LogP contribution is -2.10. The predicted molar refractivity (Wildman–Crippen MR) is 281 cm³/mol. The Morgan fingerprint density at radius 1 is 0.371 bits per heavy atom. The Kier molecular flexibility index (Phi) is 25.0. The smallest absolute Gasteiger partial charge is 0.343 e. The molecule has 0 amide bonds. The fourth-order valence-electron chi connectivity index (χ4n) is 7.68. The Morgan fingerprint density at radius 3 is 1.01 bits per heavy atom. The van der Waals surface area contributed by atoms with Gasteiger partial charge in [0.1, 0.15) is 11.5 Å². The molecule has 0 radical (unpaired) electrons. The second-order valence-corrected chi connectivity index (χ2v) is 17.7. The van der Waals surface area contributed by atoms with Crippen molar-refractivity contribution in [1.82, 2.24) is 0 Å². The SMILES string of the molecule is CCCCCCCCCCCCOC(=O)c1ccc(C=Nc2ccc(C(=O)Oc3cccc(OC(=O)c4ccc(N=Cc5ccc(C(=O)OCCCCCCCCCCCC)cc5)cc4)c3)cc2)cc1. The molecular weight excluding hydrogens is 877 g/mol. The van der Waals surface area contributed by atoms with Gasteiger partial charge in [0.2, 0.25) is 0 Å². The van der Waals surface area contributed by atoms with Gasteiger partial charge in [0.05, 0.1) is 46.8 Å². The molecule has 0 N–H and O–H groups in total. The number of aliphatic imine (C=N–C) groups is 2. The number of benzene rings is 5. The number of carbonyl (C=O) groups is 4. The first-order chi connectivity index (χ1) is 34.3. The van der Waals surface area contributed by atoms with Crippen LogP contribution in [0.15, 0.2) is 131 Å². The third-order valence-corrected chi connectivity index (χ3v) is 11.9. The fourth-order valence-corrected chi connectivity index (χ4v) is 7.68. The molecule has 5 rings (SSSR count). The van der Waals surface area contributed by atoms with Gasteiger partial charge in [-0.2, -0.15) is 0 Å². The zero-order valence-electron chi connectivity index (χ0n) is 41.4. The highest BCUT2D eigenvalue weighted by Crippen LogP contribution is 2.24. The summed E-state index contributed by atoms with van der Waals surface area (Å²) >= 11 is 0. The van der Waals surface area contributed by atoms with Gasteiger partial charge in [0.25, 0.3) is 0 Å². The largest absolute Gasteiger partial charge is 0.462 e. The van der Waals surface area contributed by atoms with Crippen LogP contribution in [-0.2, 0) is 9.47 Å². The molecule has 70 heavy (non-hydrogen) atoms. The van der Waals surface area contributed by atoms with Crippen LogP contribution >= 0.6 is 0 Å². The van der Waals surface area contributed by atoms with Crippen molar-refractivity contribution in [3.05, 3.63) is 155 Å². The second-order valence-electron chi connectivity index (χ2n) is 17.7. The molecule has 0 aliphatic carbocycles. The second kappa shape index (κ2) is 32.2. The minimum atomic E-state index is -0.584. The molecule has 0 aliphatic rings. The Hall–Kier alpha value is -6.68. The molecule has 0 heterocycles. The highest BCUT2D eigenvalue weighted by molar-refractivity contribution is 5.94. The maximum atomic E-state index is 13.0. The Bertz CT molecular complexity index is 2210. The van der Waals surface area contributed by atoms with E-state index in [1.807, 2.05) is 24.3 Å². The van der Waals surface area contributed by atoms with Crippen molar-refractivity contribution in [2.75, 3.05) is 13.2 Å². The van der Waals surface area contributed by atoms with E-state index in [0.717, 1.165) is 36.8 Å². The molecule has 0 bridgehead atoms. The van der Waals surface area contributed by atoms with Gasteiger partial charge < -0.3 is 18.9 Å². The molecule has 0 unspecified atom stereocenters. The molecular formula is C60H72N2O8. The average molecular weight is 949 g/mol. The molecule has 5 aromatic carbocycles. The molecule has 10 heteroatoms. The van der Waals surface area contributed by atoms with E-state index in [1.165, 1.54) is 109 Å². The van der Waals surface area contributed by atoms with Crippen molar-refractivity contribution in [3.63, 3.8) is 0 Å². The Morgan fingerprint density at radius 2 is 0.671 bits per heavy atom. The summed E-state index contributed by atoms with van der Waals surface area (Å²) in [5.41, 5.74) is 4.51. The topological polar surface area (TPSA) is 130 Å². The standard InChI is InChI=1S/C60H72N2O8/c1-3-5-7-9-11-13-15-17-19-21-42-67-57(63)49-30-26-47(27-31-49)45-61-53-38-34-51(35-39-53)59(65)69-55-24-23-25-56(44-55)70-60(66)52-36-40-54(41-37-52)62-46-48-28-32-50(33-29-48)58(64)68-43-22-20-18-16-14-12-10-8-6-4-2/h23-41,44-46H,3-22,42-43H2,1-2H3. The number of esters is 4. The van der Waals surface area contributed by atoms with Crippen LogP contribution in [0.3, 0.4) is 0 Å². The first kappa shape index (κ1) is 54.3. The lowest BCUT2D eigenvalue weighted by Gasteiger charge is -2.08. The molecule has 0 saturated heterocycles. The average Bonchev–Trinajstić information content (AvgIpc) is 3.38. The quantitative estimate of drug-likeness (QED) is 0.0180. The normalized spacial score (nSPS) is 11.2. The van der Waals surface area contributed by atoms with Crippen LogP contribution in [0.2, 0.25) is 0 Å². The lowest BCUT2D eigenvalue weighted by molar-refractivity contribution is 0.0488. The van der Waals surface area contributed by atoms with Crippen molar-refractivity contribution < 1.29 is 38.1 Å². The van der Waals surface area contributed by atoms with E-state index in [0.29, 0.717) is 46.8 Å². The zero-order chi connectivity index (χ0) is 49.4. The van der Waals surface area contributed by atoms with E-state index in [4.69, 9.17) is 18.9 Å². The van der Waals surface area contributed by atoms with E-state index in [2.05, 4.69) is 23.8 Å². The number of hydrogen-bond donors (Lipinski definition) is 0. The summed E-state index contributed by atoms with van der Waals surface area (Å²) < 4.78 is 22.1. The summed E-state index contributed by atoms with van der Waals surface area (Å²) in [6, 6.07) is 33.8. The molecule has 370 valence electrons. The van der Waals surface area contributed by atoms with E-state index in [9.17, 15) is 19.2 Å². The molecule has 0 atom stereocenters. The number of carbonyl (C=O) groups excluding carboxylic acids is 4. The molecule has 0 fully saturated rings. The Balaban J connectivity index is 0.980. The number of unbranched alkanes of at least 4 members (excludes halogenated alkanes) is 18. The third-order valence-electron chi connectivity index (χ3n) is 11.9. The summed E-state index contributed by atoms with van der Waals surface area (Å²) in [7, 11) is 0. The summed E-state index contributed by atoms with van der Waals surface area (Å²) in [5.74, 6) is -1.40. The Labute approximate surface area is 415 Å². The molecule has 0 saturated carbocycles. The summed E-state index contributed by atoms with van der Waals surface area (Å²) in [6.45, 7) is 5.34. The number of ether oxygens (including phenoxy) is 4. The van der Waals surface area contributed by atoms with Gasteiger partial charge in [0, 0.05) is 18.5 Å². The first-order valence-electron chi connectivity index (χ1n) is 25.7. The van der Waals surface area contributed by atoms with E-state index in [-0.39, 0.29) is 23.4 Å².